The van der Waals surface area contributed by atoms with Gasteiger partial charge in [-0.15, -0.1) is 11.3 Å². The Labute approximate surface area is 162 Å². The zero-order valence-electron chi connectivity index (χ0n) is 15.9. The monoisotopic (exact) mass is 390 g/mol. The Balaban J connectivity index is 1.86. The van der Waals surface area contributed by atoms with E-state index in [0.717, 1.165) is 15.2 Å². The van der Waals surface area contributed by atoms with Crippen molar-refractivity contribution in [1.82, 2.24) is 9.88 Å². The average molecular weight is 391 g/mol. The molecule has 2 atom stereocenters. The molecule has 6 nitrogen and oxygen atoms in total. The van der Waals surface area contributed by atoms with E-state index in [2.05, 4.69) is 4.98 Å². The molecule has 1 aliphatic rings. The smallest absolute Gasteiger partial charge is 0.314 e. The van der Waals surface area contributed by atoms with Gasteiger partial charge in [-0.2, -0.15) is 0 Å². The minimum Gasteiger partial charge on any atom is -0.481 e. The second-order valence-electron chi connectivity index (χ2n) is 7.84. The minimum absolute atomic E-state index is 0.0365. The van der Waals surface area contributed by atoms with Crippen LogP contribution in [0.4, 0.5) is 0 Å². The van der Waals surface area contributed by atoms with Crippen molar-refractivity contribution in [2.24, 2.45) is 11.3 Å². The third-order valence-corrected chi connectivity index (χ3v) is 6.34. The number of aromatic nitrogens is 1. The predicted octanol–water partition coefficient (Wildman–Crippen LogP) is 3.32. The second-order valence-corrected chi connectivity index (χ2v) is 9.08. The Hall–Kier alpha value is -1.99. The Kier molecular flexibility index (Phi) is 5.53. The maximum Gasteiger partial charge on any atom is 0.314 e. The molecule has 0 unspecified atom stereocenters. The number of carboxylic acids is 1. The summed E-state index contributed by atoms with van der Waals surface area (Å²) in [6.45, 7) is 6.37. The van der Waals surface area contributed by atoms with Gasteiger partial charge in [-0.1, -0.05) is 13.8 Å². The molecule has 146 valence electrons. The number of carbonyl (C=O) groups is 2. The van der Waals surface area contributed by atoms with Crippen LogP contribution in [0.5, 0.6) is 0 Å². The topological polar surface area (TPSA) is 90.7 Å². The van der Waals surface area contributed by atoms with Crippen LogP contribution in [0.3, 0.4) is 0 Å². The van der Waals surface area contributed by atoms with E-state index >= 15 is 0 Å². The van der Waals surface area contributed by atoms with Crippen LogP contribution in [0, 0.1) is 18.3 Å². The van der Waals surface area contributed by atoms with Crippen molar-refractivity contribution in [3.05, 3.63) is 28.8 Å². The van der Waals surface area contributed by atoms with Crippen molar-refractivity contribution in [3.63, 3.8) is 0 Å². The number of thiazole rings is 1. The van der Waals surface area contributed by atoms with E-state index in [-0.39, 0.29) is 18.9 Å². The molecule has 1 aromatic heterocycles. The van der Waals surface area contributed by atoms with Gasteiger partial charge in [0.05, 0.1) is 21.3 Å². The lowest BCUT2D eigenvalue weighted by molar-refractivity contribution is -0.163. The number of hydrogen-bond donors (Lipinski definition) is 2. The molecule has 27 heavy (non-hydrogen) atoms. The molecule has 0 saturated carbocycles. The summed E-state index contributed by atoms with van der Waals surface area (Å²) in [7, 11) is 0. The predicted molar refractivity (Wildman–Crippen MR) is 105 cm³/mol. The summed E-state index contributed by atoms with van der Waals surface area (Å²) < 4.78 is 0.944. The number of aliphatic hydroxyl groups excluding tert-OH is 1. The molecule has 7 heteroatoms. The number of aliphatic hydroxyl groups is 1. The molecule has 0 radical (unpaired) electrons. The van der Waals surface area contributed by atoms with Gasteiger partial charge in [0.25, 0.3) is 5.91 Å². The van der Waals surface area contributed by atoms with Crippen molar-refractivity contribution in [2.45, 2.75) is 46.1 Å². The maximum absolute atomic E-state index is 13.0. The van der Waals surface area contributed by atoms with Gasteiger partial charge in [-0.25, -0.2) is 4.98 Å². The van der Waals surface area contributed by atoms with Gasteiger partial charge < -0.3 is 15.1 Å². The van der Waals surface area contributed by atoms with Crippen LogP contribution in [-0.2, 0) is 4.79 Å². The molecule has 0 spiro atoms. The number of amides is 1. The summed E-state index contributed by atoms with van der Waals surface area (Å²) in [6, 6.07) is 5.39. The van der Waals surface area contributed by atoms with E-state index in [0.29, 0.717) is 30.9 Å². The third kappa shape index (κ3) is 3.84. The lowest BCUT2D eigenvalue weighted by atomic mass is 9.72. The SMILES string of the molecule is Cc1nc2ccc(C(=O)N3CC[C@@H](O)[C@](CCC(C)C)(C(=O)O)C3)cc2s1. The largest absolute Gasteiger partial charge is 0.481 e. The van der Waals surface area contributed by atoms with Crippen LogP contribution in [0.2, 0.25) is 0 Å². The van der Waals surface area contributed by atoms with Gasteiger partial charge in [-0.05, 0) is 50.3 Å². The second kappa shape index (κ2) is 7.56. The van der Waals surface area contributed by atoms with Gasteiger partial charge in [-0.3, -0.25) is 9.59 Å². The zero-order valence-corrected chi connectivity index (χ0v) is 16.8. The molecular weight excluding hydrogens is 364 g/mol. The number of benzene rings is 1. The van der Waals surface area contributed by atoms with Crippen molar-refractivity contribution in [2.75, 3.05) is 13.1 Å². The molecule has 2 N–H and O–H groups in total. The standard InChI is InChI=1S/C20H26N2O4S/c1-12(2)6-8-20(19(25)26)11-22(9-7-17(20)23)18(24)14-4-5-15-16(10-14)27-13(3)21-15/h4-5,10,12,17,23H,6-9,11H2,1-3H3,(H,25,26)/t17-,20-/m1/s1. The lowest BCUT2D eigenvalue weighted by Crippen LogP contribution is -2.57. The number of aryl methyl sites for hydroxylation is 1. The number of rotatable bonds is 5. The number of fused-ring (bicyclic) bond motifs is 1. The van der Waals surface area contributed by atoms with Gasteiger partial charge in [0.1, 0.15) is 5.41 Å². The number of likely N-dealkylation sites (tertiary alicyclic amines) is 1. The fourth-order valence-electron chi connectivity index (χ4n) is 3.72. The summed E-state index contributed by atoms with van der Waals surface area (Å²) >= 11 is 1.53. The molecular formula is C20H26N2O4S. The number of aliphatic carboxylic acids is 1. The Bertz CT molecular complexity index is 863. The van der Waals surface area contributed by atoms with Crippen LogP contribution in [0.25, 0.3) is 10.2 Å². The molecule has 3 rings (SSSR count). The molecule has 1 aromatic carbocycles. The van der Waals surface area contributed by atoms with E-state index in [1.165, 1.54) is 11.3 Å². The highest BCUT2D eigenvalue weighted by atomic mass is 32.1. The highest BCUT2D eigenvalue weighted by Gasteiger charge is 2.49. The van der Waals surface area contributed by atoms with E-state index in [1.54, 1.807) is 11.0 Å². The summed E-state index contributed by atoms with van der Waals surface area (Å²) in [5.74, 6) is -0.886. The molecule has 1 amide bonds. The van der Waals surface area contributed by atoms with Crippen LogP contribution in [-0.4, -0.2) is 51.2 Å². The van der Waals surface area contributed by atoms with E-state index in [1.807, 2.05) is 32.9 Å². The quantitative estimate of drug-likeness (QED) is 0.817. The minimum atomic E-state index is -1.30. The normalized spacial score (nSPS) is 23.1. The molecule has 0 bridgehead atoms. The molecule has 1 saturated heterocycles. The van der Waals surface area contributed by atoms with E-state index in [9.17, 15) is 19.8 Å². The van der Waals surface area contributed by atoms with Crippen molar-refractivity contribution >= 4 is 33.4 Å². The highest BCUT2D eigenvalue weighted by Crippen LogP contribution is 2.37. The fourth-order valence-corrected chi connectivity index (χ4v) is 4.58. The number of carboxylic acid groups (broad SMARTS) is 1. The highest BCUT2D eigenvalue weighted by molar-refractivity contribution is 7.18. The zero-order chi connectivity index (χ0) is 19.8. The first-order valence-corrected chi connectivity index (χ1v) is 10.1. The summed E-state index contributed by atoms with van der Waals surface area (Å²) in [5, 5.41) is 21.3. The van der Waals surface area contributed by atoms with E-state index in [4.69, 9.17) is 0 Å². The molecule has 2 heterocycles. The summed E-state index contributed by atoms with van der Waals surface area (Å²) in [6.07, 6.45) is 0.387. The molecule has 0 aliphatic carbocycles. The molecule has 1 aliphatic heterocycles. The van der Waals surface area contributed by atoms with E-state index < -0.39 is 17.5 Å². The Morgan fingerprint density at radius 3 is 2.81 bits per heavy atom. The molecule has 2 aromatic rings. The molecule has 1 fully saturated rings. The summed E-state index contributed by atoms with van der Waals surface area (Å²) in [4.78, 5) is 31.1. The van der Waals surface area contributed by atoms with Gasteiger partial charge in [0.2, 0.25) is 0 Å². The first kappa shape index (κ1) is 19.8. The number of piperidine rings is 1. The number of nitrogens with zero attached hydrogens (tertiary/aromatic N) is 2. The number of hydrogen-bond acceptors (Lipinski definition) is 5. The Morgan fingerprint density at radius 1 is 1.41 bits per heavy atom. The van der Waals surface area contributed by atoms with Crippen LogP contribution >= 0.6 is 11.3 Å². The first-order chi connectivity index (χ1) is 12.7. The van der Waals surface area contributed by atoms with Gasteiger partial charge in [0.15, 0.2) is 0 Å². The van der Waals surface area contributed by atoms with Crippen molar-refractivity contribution in [1.29, 1.82) is 0 Å². The lowest BCUT2D eigenvalue weighted by Gasteiger charge is -2.43. The third-order valence-electron chi connectivity index (χ3n) is 5.41. The van der Waals surface area contributed by atoms with Crippen LogP contribution in [0.1, 0.15) is 48.5 Å². The van der Waals surface area contributed by atoms with Gasteiger partial charge in [0, 0.05) is 18.7 Å². The Morgan fingerprint density at radius 2 is 2.15 bits per heavy atom. The maximum atomic E-state index is 13.0. The summed E-state index contributed by atoms with van der Waals surface area (Å²) in [5.41, 5.74) is 0.0919. The van der Waals surface area contributed by atoms with Gasteiger partial charge >= 0.3 is 5.97 Å². The number of carbonyl (C=O) groups excluding carboxylic acids is 1. The van der Waals surface area contributed by atoms with Crippen LogP contribution in [0.15, 0.2) is 18.2 Å². The van der Waals surface area contributed by atoms with Crippen molar-refractivity contribution < 1.29 is 19.8 Å². The van der Waals surface area contributed by atoms with Crippen LogP contribution < -0.4 is 0 Å². The van der Waals surface area contributed by atoms with Crippen molar-refractivity contribution in [3.8, 4) is 0 Å². The average Bonchev–Trinajstić information content (AvgIpc) is 2.99. The fraction of sp³-hybridized carbons (Fsp3) is 0.550. The first-order valence-electron chi connectivity index (χ1n) is 9.31.